The molecule has 1 aliphatic heterocycles. The first kappa shape index (κ1) is 10.9. The first-order valence-corrected chi connectivity index (χ1v) is 6.20. The molecule has 96 valence electrons. The lowest BCUT2D eigenvalue weighted by Gasteiger charge is -1.93. The van der Waals surface area contributed by atoms with Gasteiger partial charge in [0.1, 0.15) is 5.65 Å². The van der Waals surface area contributed by atoms with E-state index >= 15 is 0 Å². The standard InChI is InChI=1S/C15H10N4O/c20-15-12(11-2-1-5-16-14(11)18-15)7-9-3-4-13-10(6-9)8-17-19-13/h1-8,20H,(H,16,18). The van der Waals surface area contributed by atoms with Crippen molar-refractivity contribution < 1.29 is 5.11 Å². The van der Waals surface area contributed by atoms with Crippen LogP contribution in [0.2, 0.25) is 0 Å². The highest BCUT2D eigenvalue weighted by Gasteiger charge is 2.08. The first-order chi connectivity index (χ1) is 9.81. The van der Waals surface area contributed by atoms with E-state index in [1.165, 1.54) is 0 Å². The highest BCUT2D eigenvalue weighted by molar-refractivity contribution is 5.89. The highest BCUT2D eigenvalue weighted by Crippen LogP contribution is 2.25. The van der Waals surface area contributed by atoms with Crippen molar-refractivity contribution in [2.24, 2.45) is 10.2 Å². The van der Waals surface area contributed by atoms with E-state index in [-0.39, 0.29) is 5.88 Å². The number of pyridine rings is 1. The van der Waals surface area contributed by atoms with Crippen LogP contribution in [0.25, 0.3) is 17.1 Å². The molecule has 1 aliphatic rings. The predicted molar refractivity (Wildman–Crippen MR) is 76.1 cm³/mol. The van der Waals surface area contributed by atoms with Crippen LogP contribution < -0.4 is 10.6 Å². The summed E-state index contributed by atoms with van der Waals surface area (Å²) in [4.78, 5) is 7.06. The smallest absolute Gasteiger partial charge is 0.198 e. The number of rotatable bonds is 1. The van der Waals surface area contributed by atoms with Gasteiger partial charge in [0.25, 0.3) is 0 Å². The van der Waals surface area contributed by atoms with Crippen LogP contribution in [0.3, 0.4) is 0 Å². The summed E-state index contributed by atoms with van der Waals surface area (Å²) < 4.78 is 0. The van der Waals surface area contributed by atoms with Crippen LogP contribution in [-0.4, -0.2) is 21.3 Å². The molecule has 0 unspecified atom stereocenters. The lowest BCUT2D eigenvalue weighted by molar-refractivity contribution is 0.457. The van der Waals surface area contributed by atoms with E-state index in [9.17, 15) is 5.11 Å². The Hall–Kier alpha value is -2.95. The lowest BCUT2D eigenvalue weighted by Crippen LogP contribution is -2.11. The van der Waals surface area contributed by atoms with Gasteiger partial charge in [-0.3, -0.25) is 0 Å². The molecule has 2 N–H and O–H groups in total. The average molecular weight is 262 g/mol. The van der Waals surface area contributed by atoms with Gasteiger partial charge >= 0.3 is 0 Å². The number of nitrogens with zero attached hydrogens (tertiary/aromatic N) is 3. The quantitative estimate of drug-likeness (QED) is 0.688. The Balaban J connectivity index is 1.97. The second kappa shape index (κ2) is 4.03. The molecule has 0 saturated heterocycles. The van der Waals surface area contributed by atoms with Gasteiger partial charge in [0.15, 0.2) is 5.88 Å². The maximum absolute atomic E-state index is 10.0. The number of H-pyrrole nitrogens is 1. The van der Waals surface area contributed by atoms with Crippen molar-refractivity contribution in [1.29, 1.82) is 0 Å². The van der Waals surface area contributed by atoms with Crippen molar-refractivity contribution >= 4 is 23.3 Å². The Morgan fingerprint density at radius 1 is 1.20 bits per heavy atom. The molecule has 3 heterocycles. The van der Waals surface area contributed by atoms with E-state index in [1.54, 1.807) is 12.4 Å². The third kappa shape index (κ3) is 1.60. The average Bonchev–Trinajstić information content (AvgIpc) is 3.04. The minimum absolute atomic E-state index is 0.123. The van der Waals surface area contributed by atoms with E-state index in [0.29, 0.717) is 5.65 Å². The van der Waals surface area contributed by atoms with Crippen molar-refractivity contribution in [2.75, 3.05) is 0 Å². The van der Waals surface area contributed by atoms with Gasteiger partial charge in [0.2, 0.25) is 0 Å². The Morgan fingerprint density at radius 3 is 3.10 bits per heavy atom. The van der Waals surface area contributed by atoms with Crippen LogP contribution in [0.15, 0.2) is 46.7 Å². The van der Waals surface area contributed by atoms with Crippen molar-refractivity contribution in [3.8, 4) is 5.88 Å². The van der Waals surface area contributed by atoms with E-state index in [2.05, 4.69) is 20.2 Å². The van der Waals surface area contributed by atoms with Gasteiger partial charge < -0.3 is 10.1 Å². The maximum Gasteiger partial charge on any atom is 0.198 e. The summed E-state index contributed by atoms with van der Waals surface area (Å²) in [6, 6.07) is 9.63. The molecule has 0 amide bonds. The van der Waals surface area contributed by atoms with Gasteiger partial charge in [-0.05, 0) is 35.6 Å². The molecule has 1 aromatic carbocycles. The number of fused-ring (bicyclic) bond motifs is 2. The highest BCUT2D eigenvalue weighted by atomic mass is 16.3. The Bertz CT molecular complexity index is 969. The molecule has 0 fully saturated rings. The Morgan fingerprint density at radius 2 is 2.15 bits per heavy atom. The summed E-state index contributed by atoms with van der Waals surface area (Å²) in [5.74, 6) is 0.123. The maximum atomic E-state index is 10.0. The lowest BCUT2D eigenvalue weighted by atomic mass is 10.1. The second-order valence-corrected chi connectivity index (χ2v) is 4.59. The van der Waals surface area contributed by atoms with Gasteiger partial charge in [0, 0.05) is 22.7 Å². The SMILES string of the molecule is Oc1[nH]c2ncccc2c1C=c1ccc2c(c1)C=NN=2. The summed E-state index contributed by atoms with van der Waals surface area (Å²) in [6.07, 6.45) is 5.33. The van der Waals surface area contributed by atoms with Crippen molar-refractivity contribution in [3.63, 3.8) is 0 Å². The molecule has 0 radical (unpaired) electrons. The van der Waals surface area contributed by atoms with Crippen molar-refractivity contribution in [3.05, 3.63) is 58.2 Å². The van der Waals surface area contributed by atoms with Gasteiger partial charge in [-0.1, -0.05) is 6.07 Å². The number of aromatic nitrogens is 2. The number of hydrogen-bond acceptors (Lipinski definition) is 4. The molecule has 0 saturated carbocycles. The number of aromatic hydroxyl groups is 1. The van der Waals surface area contributed by atoms with Crippen LogP contribution in [0.5, 0.6) is 5.88 Å². The molecule has 20 heavy (non-hydrogen) atoms. The summed E-state index contributed by atoms with van der Waals surface area (Å²) in [6.45, 7) is 0. The fraction of sp³-hybridized carbons (Fsp3) is 0. The monoisotopic (exact) mass is 262 g/mol. The fourth-order valence-corrected chi connectivity index (χ4v) is 2.35. The van der Waals surface area contributed by atoms with Crippen LogP contribution in [0.4, 0.5) is 0 Å². The van der Waals surface area contributed by atoms with Crippen LogP contribution in [0.1, 0.15) is 11.1 Å². The van der Waals surface area contributed by atoms with Crippen molar-refractivity contribution in [2.45, 2.75) is 0 Å². The molecule has 5 heteroatoms. The molecule has 0 spiro atoms. The zero-order chi connectivity index (χ0) is 13.5. The summed E-state index contributed by atoms with van der Waals surface area (Å²) in [5, 5.41) is 20.6. The normalized spacial score (nSPS) is 13.7. The number of hydrogen-bond donors (Lipinski definition) is 2. The summed E-state index contributed by atoms with van der Waals surface area (Å²) >= 11 is 0. The van der Waals surface area contributed by atoms with Gasteiger partial charge in [0.05, 0.1) is 11.6 Å². The van der Waals surface area contributed by atoms with Crippen LogP contribution >= 0.6 is 0 Å². The topological polar surface area (TPSA) is 73.6 Å². The minimum atomic E-state index is 0.123. The number of benzene rings is 1. The Kier molecular flexibility index (Phi) is 2.20. The molecule has 0 aliphatic carbocycles. The number of aromatic amines is 1. The zero-order valence-electron chi connectivity index (χ0n) is 10.4. The molecule has 3 aromatic rings. The molecular formula is C15H10N4O. The summed E-state index contributed by atoms with van der Waals surface area (Å²) in [5.41, 5.74) is 2.39. The van der Waals surface area contributed by atoms with E-state index in [4.69, 9.17) is 0 Å². The molecular weight excluding hydrogens is 252 g/mol. The molecule has 2 aromatic heterocycles. The molecule has 4 rings (SSSR count). The second-order valence-electron chi connectivity index (χ2n) is 4.59. The van der Waals surface area contributed by atoms with Crippen LogP contribution in [-0.2, 0) is 0 Å². The predicted octanol–water partition coefficient (Wildman–Crippen LogP) is 1.06. The minimum Gasteiger partial charge on any atom is -0.494 e. The van der Waals surface area contributed by atoms with Crippen molar-refractivity contribution in [1.82, 2.24) is 9.97 Å². The van der Waals surface area contributed by atoms with Gasteiger partial charge in [-0.2, -0.15) is 10.2 Å². The zero-order valence-corrected chi connectivity index (χ0v) is 10.4. The molecule has 5 nitrogen and oxygen atoms in total. The summed E-state index contributed by atoms with van der Waals surface area (Å²) in [7, 11) is 0. The van der Waals surface area contributed by atoms with Gasteiger partial charge in [-0.15, -0.1) is 0 Å². The first-order valence-electron chi connectivity index (χ1n) is 6.20. The van der Waals surface area contributed by atoms with Gasteiger partial charge in [-0.25, -0.2) is 4.98 Å². The van der Waals surface area contributed by atoms with E-state index in [0.717, 1.165) is 27.1 Å². The van der Waals surface area contributed by atoms with Crippen LogP contribution in [0, 0.1) is 0 Å². The fourth-order valence-electron chi connectivity index (χ4n) is 2.35. The third-order valence-corrected chi connectivity index (χ3v) is 3.31. The largest absolute Gasteiger partial charge is 0.494 e. The Labute approximate surface area is 113 Å². The van der Waals surface area contributed by atoms with E-state index < -0.39 is 0 Å². The third-order valence-electron chi connectivity index (χ3n) is 3.31. The molecule has 0 atom stereocenters. The number of nitrogens with one attached hydrogen (secondary N) is 1. The molecule has 0 bridgehead atoms. The van der Waals surface area contributed by atoms with E-state index in [1.807, 2.05) is 36.4 Å².